The van der Waals surface area contributed by atoms with Crippen LogP contribution >= 0.6 is 0 Å². The molecular weight excluding hydrogens is 300 g/mol. The summed E-state index contributed by atoms with van der Waals surface area (Å²) >= 11 is 0. The molecule has 0 saturated carbocycles. The molecule has 3 rings (SSSR count). The number of rotatable bonds is 4. The summed E-state index contributed by atoms with van der Waals surface area (Å²) in [6.07, 6.45) is 6.15. The number of benzene rings is 2. The lowest BCUT2D eigenvalue weighted by Crippen LogP contribution is -1.93. The van der Waals surface area contributed by atoms with Crippen molar-refractivity contribution in [2.24, 2.45) is 0 Å². The third-order valence-corrected chi connectivity index (χ3v) is 3.44. The van der Waals surface area contributed by atoms with Gasteiger partial charge in [-0.15, -0.1) is 0 Å². The first-order valence-electron chi connectivity index (χ1n) is 7.47. The normalized spacial score (nSPS) is 12.2. The summed E-state index contributed by atoms with van der Waals surface area (Å²) in [6.45, 7) is 0. The lowest BCUT2D eigenvalue weighted by atomic mass is 10.1. The molecule has 0 radical (unpaired) electrons. The average molecular weight is 316 g/mol. The smallest absolute Gasteiger partial charge is 0.125 e. The van der Waals surface area contributed by atoms with Gasteiger partial charge in [0.2, 0.25) is 0 Å². The van der Waals surface area contributed by atoms with Gasteiger partial charge in [0, 0.05) is 35.7 Å². The molecule has 0 atom stereocenters. The number of hydrogen-bond acceptors (Lipinski definition) is 4. The Morgan fingerprint density at radius 3 is 1.38 bits per heavy atom. The monoisotopic (exact) mass is 316 g/mol. The van der Waals surface area contributed by atoms with Crippen molar-refractivity contribution in [3.63, 3.8) is 0 Å². The highest BCUT2D eigenvalue weighted by Gasteiger charge is 2.06. The van der Waals surface area contributed by atoms with Gasteiger partial charge in [0.25, 0.3) is 0 Å². The first kappa shape index (κ1) is 15.5. The molecule has 0 unspecified atom stereocenters. The van der Waals surface area contributed by atoms with Crippen molar-refractivity contribution in [1.82, 2.24) is 9.97 Å². The lowest BCUT2D eigenvalue weighted by Gasteiger charge is -2.04. The second-order valence-electron chi connectivity index (χ2n) is 5.12. The highest BCUT2D eigenvalue weighted by molar-refractivity contribution is 5.82. The van der Waals surface area contributed by atoms with Crippen LogP contribution in [0.15, 0.2) is 73.1 Å². The molecule has 2 aromatic carbocycles. The van der Waals surface area contributed by atoms with Crippen LogP contribution in [0.25, 0.3) is 23.7 Å². The maximum absolute atomic E-state index is 10.3. The van der Waals surface area contributed by atoms with Gasteiger partial charge in [-0.3, -0.25) is 9.97 Å². The molecule has 0 aliphatic heterocycles. The van der Waals surface area contributed by atoms with E-state index in [0.29, 0.717) is 22.5 Å². The number of nitrogens with zero attached hydrogens (tertiary/aromatic N) is 2. The molecule has 1 heterocycles. The van der Waals surface area contributed by atoms with E-state index in [2.05, 4.69) is 9.97 Å². The fourth-order valence-corrected chi connectivity index (χ4v) is 2.23. The number of hydrogen-bond donors (Lipinski definition) is 2. The standard InChI is InChI=1S/C20H16N2O2/c23-19(15-7-3-1-4-8-15)13-17-18(22-12-11-21-17)14-20(24)16-9-5-2-6-10-16/h1-14,23-24H/b19-13-,20-14-. The molecule has 3 aromatic rings. The van der Waals surface area contributed by atoms with Crippen molar-refractivity contribution in [3.8, 4) is 0 Å². The van der Waals surface area contributed by atoms with Crippen LogP contribution in [0.1, 0.15) is 22.5 Å². The highest BCUT2D eigenvalue weighted by atomic mass is 16.3. The molecule has 0 spiro atoms. The lowest BCUT2D eigenvalue weighted by molar-refractivity contribution is 0.514. The minimum atomic E-state index is 0.0879. The molecule has 1 aromatic heterocycles. The highest BCUT2D eigenvalue weighted by Crippen LogP contribution is 2.19. The third kappa shape index (κ3) is 3.67. The van der Waals surface area contributed by atoms with Crippen LogP contribution in [-0.4, -0.2) is 20.2 Å². The molecule has 2 N–H and O–H groups in total. The molecule has 0 bridgehead atoms. The van der Waals surface area contributed by atoms with E-state index < -0.39 is 0 Å². The number of aliphatic hydroxyl groups excluding tert-OH is 2. The van der Waals surface area contributed by atoms with Crippen molar-refractivity contribution in [3.05, 3.63) is 95.6 Å². The maximum atomic E-state index is 10.3. The fourth-order valence-electron chi connectivity index (χ4n) is 2.23. The Morgan fingerprint density at radius 2 is 1.00 bits per heavy atom. The topological polar surface area (TPSA) is 66.2 Å². The minimum Gasteiger partial charge on any atom is -0.507 e. The fraction of sp³-hybridized carbons (Fsp3) is 0. The molecule has 0 aliphatic carbocycles. The molecule has 118 valence electrons. The van der Waals surface area contributed by atoms with Crippen molar-refractivity contribution in [2.45, 2.75) is 0 Å². The Kier molecular flexibility index (Phi) is 4.68. The molecule has 0 fully saturated rings. The predicted octanol–water partition coefficient (Wildman–Crippen LogP) is 4.59. The van der Waals surface area contributed by atoms with Gasteiger partial charge in [0.15, 0.2) is 0 Å². The maximum Gasteiger partial charge on any atom is 0.125 e. The second kappa shape index (κ2) is 7.24. The summed E-state index contributed by atoms with van der Waals surface area (Å²) in [4.78, 5) is 8.47. The third-order valence-electron chi connectivity index (χ3n) is 3.44. The summed E-state index contributed by atoms with van der Waals surface area (Å²) < 4.78 is 0. The molecule has 0 aliphatic rings. The predicted molar refractivity (Wildman–Crippen MR) is 95.9 cm³/mol. The Hall–Kier alpha value is -3.40. The van der Waals surface area contributed by atoms with E-state index in [1.807, 2.05) is 36.4 Å². The summed E-state index contributed by atoms with van der Waals surface area (Å²) in [7, 11) is 0. The van der Waals surface area contributed by atoms with Gasteiger partial charge in [-0.1, -0.05) is 60.7 Å². The molecule has 0 amide bonds. The van der Waals surface area contributed by atoms with E-state index in [4.69, 9.17) is 0 Å². The van der Waals surface area contributed by atoms with E-state index >= 15 is 0 Å². The number of aliphatic hydroxyl groups is 2. The van der Waals surface area contributed by atoms with Gasteiger partial charge in [-0.2, -0.15) is 0 Å². The first-order chi connectivity index (χ1) is 11.7. The van der Waals surface area contributed by atoms with Crippen LogP contribution in [0.4, 0.5) is 0 Å². The summed E-state index contributed by atoms with van der Waals surface area (Å²) in [6, 6.07) is 18.4. The van der Waals surface area contributed by atoms with E-state index in [1.54, 1.807) is 36.7 Å². The largest absolute Gasteiger partial charge is 0.507 e. The SMILES string of the molecule is O/C(=C\c1nccnc1/C=C(\O)c1ccccc1)c1ccccc1. The molecular formula is C20H16N2O2. The van der Waals surface area contributed by atoms with Crippen LogP contribution in [0, 0.1) is 0 Å². The van der Waals surface area contributed by atoms with E-state index in [0.717, 1.165) is 0 Å². The van der Waals surface area contributed by atoms with Gasteiger partial charge >= 0.3 is 0 Å². The van der Waals surface area contributed by atoms with Crippen molar-refractivity contribution in [2.75, 3.05) is 0 Å². The molecule has 24 heavy (non-hydrogen) atoms. The van der Waals surface area contributed by atoms with Gasteiger partial charge in [-0.05, 0) is 0 Å². The van der Waals surface area contributed by atoms with Gasteiger partial charge < -0.3 is 10.2 Å². The Balaban J connectivity index is 1.97. The van der Waals surface area contributed by atoms with E-state index in [1.165, 1.54) is 12.2 Å². The van der Waals surface area contributed by atoms with Crippen LogP contribution in [0.3, 0.4) is 0 Å². The van der Waals surface area contributed by atoms with Crippen molar-refractivity contribution < 1.29 is 10.2 Å². The zero-order valence-corrected chi connectivity index (χ0v) is 12.9. The molecule has 4 nitrogen and oxygen atoms in total. The second-order valence-corrected chi connectivity index (χ2v) is 5.12. The summed E-state index contributed by atoms with van der Waals surface area (Å²) in [5, 5.41) is 20.5. The zero-order chi connectivity index (χ0) is 16.8. The zero-order valence-electron chi connectivity index (χ0n) is 12.9. The number of aromatic nitrogens is 2. The van der Waals surface area contributed by atoms with Crippen LogP contribution in [0.5, 0.6) is 0 Å². The van der Waals surface area contributed by atoms with E-state index in [9.17, 15) is 10.2 Å². The van der Waals surface area contributed by atoms with Crippen molar-refractivity contribution >= 4 is 23.7 Å². The van der Waals surface area contributed by atoms with Gasteiger partial charge in [0.05, 0.1) is 11.4 Å². The van der Waals surface area contributed by atoms with Crippen LogP contribution in [-0.2, 0) is 0 Å². The van der Waals surface area contributed by atoms with Gasteiger partial charge in [-0.25, -0.2) is 0 Å². The van der Waals surface area contributed by atoms with E-state index in [-0.39, 0.29) is 11.5 Å². The summed E-state index contributed by atoms with van der Waals surface area (Å²) in [5.41, 5.74) is 2.32. The molecule has 4 heteroatoms. The summed E-state index contributed by atoms with van der Waals surface area (Å²) in [5.74, 6) is 0.176. The van der Waals surface area contributed by atoms with Crippen molar-refractivity contribution in [1.29, 1.82) is 0 Å². The Labute approximate surface area is 140 Å². The quantitative estimate of drug-likeness (QED) is 0.691. The Morgan fingerprint density at radius 1 is 0.625 bits per heavy atom. The van der Waals surface area contributed by atoms with Gasteiger partial charge in [0.1, 0.15) is 11.5 Å². The average Bonchev–Trinajstić information content (AvgIpc) is 2.64. The van der Waals surface area contributed by atoms with Crippen LogP contribution < -0.4 is 0 Å². The van der Waals surface area contributed by atoms with Crippen LogP contribution in [0.2, 0.25) is 0 Å². The minimum absolute atomic E-state index is 0.0879. The Bertz CT molecular complexity index is 798. The first-order valence-corrected chi connectivity index (χ1v) is 7.47. The molecule has 0 saturated heterocycles.